The monoisotopic (exact) mass is 454 g/mol. The van der Waals surface area contributed by atoms with Crippen molar-refractivity contribution >= 4 is 40.6 Å². The molecule has 0 fully saturated rings. The Kier molecular flexibility index (Phi) is 7.21. The highest BCUT2D eigenvalue weighted by Crippen LogP contribution is 2.23. The number of nitro benzene ring substituents is 1. The van der Waals surface area contributed by atoms with Gasteiger partial charge in [0.05, 0.1) is 22.8 Å². The Morgan fingerprint density at radius 2 is 1.72 bits per heavy atom. The first-order chi connectivity index (χ1) is 15.2. The van der Waals surface area contributed by atoms with Crippen LogP contribution in [0.4, 0.5) is 17.1 Å². The van der Waals surface area contributed by atoms with Crippen LogP contribution in [-0.2, 0) is 23.1 Å². The predicted molar refractivity (Wildman–Crippen MR) is 122 cm³/mol. The maximum Gasteiger partial charge on any atom is 0.271 e. The summed E-state index contributed by atoms with van der Waals surface area (Å²) in [6, 6.07) is 11.8. The highest BCUT2D eigenvalue weighted by molar-refractivity contribution is 7.99. The average molecular weight is 455 g/mol. The highest BCUT2D eigenvalue weighted by atomic mass is 32.2. The van der Waals surface area contributed by atoms with Gasteiger partial charge in [0.2, 0.25) is 11.8 Å². The molecule has 0 aliphatic heterocycles. The van der Waals surface area contributed by atoms with Gasteiger partial charge in [-0.15, -0.1) is 10.2 Å². The molecule has 0 spiro atoms. The Morgan fingerprint density at radius 3 is 2.44 bits per heavy atom. The molecule has 166 valence electrons. The number of anilines is 2. The molecule has 0 saturated heterocycles. The van der Waals surface area contributed by atoms with Gasteiger partial charge in [-0.25, -0.2) is 0 Å². The van der Waals surface area contributed by atoms with Gasteiger partial charge < -0.3 is 15.2 Å². The minimum Gasteiger partial charge on any atom is -0.325 e. The van der Waals surface area contributed by atoms with E-state index in [1.165, 1.54) is 12.1 Å². The number of non-ortho nitro benzene ring substituents is 1. The van der Waals surface area contributed by atoms with Gasteiger partial charge in [0, 0.05) is 24.9 Å². The van der Waals surface area contributed by atoms with E-state index in [-0.39, 0.29) is 29.7 Å². The molecule has 1 heterocycles. The first kappa shape index (κ1) is 22.9. The van der Waals surface area contributed by atoms with E-state index in [1.807, 2.05) is 31.2 Å². The van der Waals surface area contributed by atoms with Crippen LogP contribution in [0.3, 0.4) is 0 Å². The third kappa shape index (κ3) is 5.70. The number of hydrogen-bond donors (Lipinski definition) is 2. The number of rotatable bonds is 8. The zero-order chi connectivity index (χ0) is 23.3. The fourth-order valence-electron chi connectivity index (χ4n) is 2.85. The summed E-state index contributed by atoms with van der Waals surface area (Å²) in [5.41, 5.74) is 2.70. The number of aromatic nitrogens is 3. The Balaban J connectivity index is 1.57. The van der Waals surface area contributed by atoms with E-state index >= 15 is 0 Å². The van der Waals surface area contributed by atoms with E-state index in [0.717, 1.165) is 28.6 Å². The van der Waals surface area contributed by atoms with Crippen LogP contribution in [-0.4, -0.2) is 37.3 Å². The summed E-state index contributed by atoms with van der Waals surface area (Å²) in [6.07, 6.45) is 0.0392. The number of nitrogens with zero attached hydrogens (tertiary/aromatic N) is 4. The molecule has 0 aliphatic rings. The molecular weight excluding hydrogens is 432 g/mol. The molecule has 3 aromatic rings. The summed E-state index contributed by atoms with van der Waals surface area (Å²) in [5.74, 6) is -0.0528. The van der Waals surface area contributed by atoms with E-state index in [0.29, 0.717) is 16.7 Å². The molecule has 11 heteroatoms. The summed E-state index contributed by atoms with van der Waals surface area (Å²) in [7, 11) is 1.72. The first-order valence-corrected chi connectivity index (χ1v) is 10.6. The summed E-state index contributed by atoms with van der Waals surface area (Å²) >= 11 is 1.16. The van der Waals surface area contributed by atoms with Crippen molar-refractivity contribution in [2.75, 3.05) is 16.4 Å². The lowest BCUT2D eigenvalue weighted by molar-refractivity contribution is -0.384. The zero-order valence-electron chi connectivity index (χ0n) is 17.8. The second-order valence-electron chi connectivity index (χ2n) is 7.09. The van der Waals surface area contributed by atoms with Crippen LogP contribution in [0.1, 0.15) is 17.0 Å². The fourth-order valence-corrected chi connectivity index (χ4v) is 3.58. The number of nitrogens with one attached hydrogen (secondary N) is 2. The molecule has 2 N–H and O–H groups in total. The van der Waals surface area contributed by atoms with E-state index in [9.17, 15) is 19.7 Å². The highest BCUT2D eigenvalue weighted by Gasteiger charge is 2.16. The molecule has 0 saturated carbocycles. The van der Waals surface area contributed by atoms with Gasteiger partial charge in [0.1, 0.15) is 5.82 Å². The second-order valence-corrected chi connectivity index (χ2v) is 8.03. The minimum atomic E-state index is -0.514. The Hall–Kier alpha value is -3.73. The third-order valence-corrected chi connectivity index (χ3v) is 5.72. The number of carbonyl (C=O) groups is 2. The van der Waals surface area contributed by atoms with Crippen molar-refractivity contribution in [1.82, 2.24) is 14.8 Å². The number of hydrogen-bond acceptors (Lipinski definition) is 7. The summed E-state index contributed by atoms with van der Waals surface area (Å²) < 4.78 is 1.66. The Bertz CT molecular complexity index is 1180. The van der Waals surface area contributed by atoms with E-state index in [2.05, 4.69) is 20.8 Å². The summed E-state index contributed by atoms with van der Waals surface area (Å²) in [6.45, 7) is 3.66. The van der Waals surface area contributed by atoms with Crippen LogP contribution < -0.4 is 10.6 Å². The first-order valence-electron chi connectivity index (χ1n) is 9.66. The number of nitro groups is 1. The molecular formula is C21H22N6O4S. The lowest BCUT2D eigenvalue weighted by Crippen LogP contribution is -2.18. The molecule has 0 atom stereocenters. The van der Waals surface area contributed by atoms with Crippen molar-refractivity contribution in [1.29, 1.82) is 0 Å². The minimum absolute atomic E-state index is 0.0313. The number of thioether (sulfide) groups is 1. The molecule has 0 aliphatic carbocycles. The molecule has 32 heavy (non-hydrogen) atoms. The molecule has 0 radical (unpaired) electrons. The maximum absolute atomic E-state index is 12.4. The molecule has 10 nitrogen and oxygen atoms in total. The van der Waals surface area contributed by atoms with Crippen LogP contribution in [0.5, 0.6) is 0 Å². The van der Waals surface area contributed by atoms with Crippen LogP contribution >= 0.6 is 11.8 Å². The summed E-state index contributed by atoms with van der Waals surface area (Å²) in [4.78, 5) is 35.1. The Morgan fingerprint density at radius 1 is 1.03 bits per heavy atom. The van der Waals surface area contributed by atoms with E-state index in [1.54, 1.807) is 24.6 Å². The Labute approximate surface area is 188 Å². The lowest BCUT2D eigenvalue weighted by atomic mass is 10.2. The largest absolute Gasteiger partial charge is 0.325 e. The molecule has 1 aromatic heterocycles. The van der Waals surface area contributed by atoms with Crippen molar-refractivity contribution in [3.8, 4) is 0 Å². The quantitative estimate of drug-likeness (QED) is 0.303. The molecule has 3 rings (SSSR count). The van der Waals surface area contributed by atoms with Crippen molar-refractivity contribution < 1.29 is 14.5 Å². The van der Waals surface area contributed by atoms with Crippen molar-refractivity contribution in [3.63, 3.8) is 0 Å². The smallest absolute Gasteiger partial charge is 0.271 e. The zero-order valence-corrected chi connectivity index (χ0v) is 18.6. The molecule has 0 unspecified atom stereocenters. The van der Waals surface area contributed by atoms with Gasteiger partial charge in [0.15, 0.2) is 5.16 Å². The molecule has 0 bridgehead atoms. The van der Waals surface area contributed by atoms with Gasteiger partial charge in [-0.05, 0) is 31.0 Å². The van der Waals surface area contributed by atoms with Crippen molar-refractivity contribution in [2.24, 2.45) is 7.05 Å². The van der Waals surface area contributed by atoms with Crippen LogP contribution in [0.2, 0.25) is 0 Å². The number of aryl methyl sites for hydroxylation is 2. The van der Waals surface area contributed by atoms with Gasteiger partial charge in [-0.1, -0.05) is 36.0 Å². The summed E-state index contributed by atoms with van der Waals surface area (Å²) in [5, 5.41) is 25.1. The van der Waals surface area contributed by atoms with Crippen molar-refractivity contribution in [2.45, 2.75) is 25.4 Å². The molecule has 2 aromatic carbocycles. The standard InChI is InChI=1S/C21H22N6O4S/c1-13-6-4-5-7-16(13)22-19(28)11-18-24-25-21(26(18)3)32-12-20(29)23-17-10-15(27(30)31)9-8-14(17)2/h4-10H,11-12H2,1-3H3,(H,22,28)(H,23,29). The molecule has 2 amide bonds. The number of carbonyl (C=O) groups excluding carboxylic acids is 2. The fraction of sp³-hybridized carbons (Fsp3) is 0.238. The van der Waals surface area contributed by atoms with Gasteiger partial charge in [-0.2, -0.15) is 0 Å². The van der Waals surface area contributed by atoms with Crippen LogP contribution in [0.15, 0.2) is 47.6 Å². The van der Waals surface area contributed by atoms with E-state index < -0.39 is 4.92 Å². The van der Waals surface area contributed by atoms with Crippen LogP contribution in [0, 0.1) is 24.0 Å². The number of benzene rings is 2. The second kappa shape index (κ2) is 10.1. The van der Waals surface area contributed by atoms with Crippen LogP contribution in [0.25, 0.3) is 0 Å². The topological polar surface area (TPSA) is 132 Å². The predicted octanol–water partition coefficient (Wildman–Crippen LogP) is 3.25. The SMILES string of the molecule is Cc1ccc([N+](=O)[O-])cc1NC(=O)CSc1nnc(CC(=O)Nc2ccccc2C)n1C. The lowest BCUT2D eigenvalue weighted by Gasteiger charge is -2.09. The van der Waals surface area contributed by atoms with Gasteiger partial charge in [-0.3, -0.25) is 19.7 Å². The average Bonchev–Trinajstić information content (AvgIpc) is 3.09. The van der Waals surface area contributed by atoms with Gasteiger partial charge >= 0.3 is 0 Å². The number of para-hydroxylation sites is 1. The maximum atomic E-state index is 12.4. The normalized spacial score (nSPS) is 10.6. The van der Waals surface area contributed by atoms with E-state index in [4.69, 9.17) is 0 Å². The number of amides is 2. The van der Waals surface area contributed by atoms with Gasteiger partial charge in [0.25, 0.3) is 5.69 Å². The van der Waals surface area contributed by atoms with Crippen molar-refractivity contribution in [3.05, 3.63) is 69.5 Å². The third-order valence-electron chi connectivity index (χ3n) is 4.70.